The van der Waals surface area contributed by atoms with Crippen LogP contribution in [0, 0.1) is 17.8 Å². The fraction of sp³-hybridized carbons (Fsp3) is 0.526. The summed E-state index contributed by atoms with van der Waals surface area (Å²) in [6.07, 6.45) is 7.42. The standard InChI is InChI=1S/C19H24N2O4/c22-17(23)11-20-18(24)13-6-8-14(9-7-13)21-19(25)16-10-15(16)12-4-2-1-3-5-12/h6-9,12,15-16H,1-5,10-11H2,(H,20,24)(H,21,25)(H,22,23). The number of carbonyl (C=O) groups is 3. The van der Waals surface area contributed by atoms with Crippen LogP contribution in [0.5, 0.6) is 0 Å². The first-order valence-corrected chi connectivity index (χ1v) is 8.95. The predicted octanol–water partition coefficient (Wildman–Crippen LogP) is 2.66. The van der Waals surface area contributed by atoms with Crippen molar-refractivity contribution in [1.29, 1.82) is 0 Å². The molecule has 1 aromatic carbocycles. The molecule has 2 aliphatic carbocycles. The van der Waals surface area contributed by atoms with Crippen LogP contribution in [-0.4, -0.2) is 29.4 Å². The first kappa shape index (κ1) is 17.5. The van der Waals surface area contributed by atoms with Gasteiger partial charge in [-0.3, -0.25) is 14.4 Å². The van der Waals surface area contributed by atoms with Crippen LogP contribution in [0.15, 0.2) is 24.3 Å². The molecule has 0 bridgehead atoms. The van der Waals surface area contributed by atoms with Gasteiger partial charge in [-0.1, -0.05) is 32.1 Å². The van der Waals surface area contributed by atoms with E-state index in [0.29, 0.717) is 23.1 Å². The number of hydrogen-bond donors (Lipinski definition) is 3. The smallest absolute Gasteiger partial charge is 0.322 e. The second-order valence-corrected chi connectivity index (χ2v) is 7.05. The average molecular weight is 344 g/mol. The lowest BCUT2D eigenvalue weighted by molar-refractivity contribution is -0.135. The second-order valence-electron chi connectivity index (χ2n) is 7.05. The van der Waals surface area contributed by atoms with Crippen molar-refractivity contribution in [3.8, 4) is 0 Å². The van der Waals surface area contributed by atoms with Crippen molar-refractivity contribution in [3.63, 3.8) is 0 Å². The number of hydrogen-bond acceptors (Lipinski definition) is 3. The van der Waals surface area contributed by atoms with E-state index in [9.17, 15) is 14.4 Å². The van der Waals surface area contributed by atoms with Crippen LogP contribution in [0.25, 0.3) is 0 Å². The van der Waals surface area contributed by atoms with E-state index in [-0.39, 0.29) is 11.8 Å². The van der Waals surface area contributed by atoms with Gasteiger partial charge in [-0.2, -0.15) is 0 Å². The number of benzene rings is 1. The summed E-state index contributed by atoms with van der Waals surface area (Å²) in [6, 6.07) is 6.51. The molecule has 2 aliphatic rings. The molecule has 0 heterocycles. The summed E-state index contributed by atoms with van der Waals surface area (Å²) < 4.78 is 0. The van der Waals surface area contributed by atoms with Gasteiger partial charge in [-0.15, -0.1) is 0 Å². The summed E-state index contributed by atoms with van der Waals surface area (Å²) in [6.45, 7) is -0.415. The zero-order chi connectivity index (χ0) is 17.8. The third kappa shape index (κ3) is 4.59. The fourth-order valence-corrected chi connectivity index (χ4v) is 3.80. The van der Waals surface area contributed by atoms with Crippen molar-refractivity contribution in [2.24, 2.45) is 17.8 Å². The Morgan fingerprint density at radius 2 is 1.72 bits per heavy atom. The Morgan fingerprint density at radius 1 is 1.04 bits per heavy atom. The minimum Gasteiger partial charge on any atom is -0.480 e. The van der Waals surface area contributed by atoms with Crippen LogP contribution in [-0.2, 0) is 9.59 Å². The van der Waals surface area contributed by atoms with E-state index in [0.717, 1.165) is 6.42 Å². The highest BCUT2D eigenvalue weighted by Crippen LogP contribution is 2.49. The van der Waals surface area contributed by atoms with Gasteiger partial charge in [-0.25, -0.2) is 0 Å². The molecule has 0 aliphatic heterocycles. The molecule has 0 spiro atoms. The van der Waals surface area contributed by atoms with Crippen molar-refractivity contribution in [3.05, 3.63) is 29.8 Å². The number of anilines is 1. The van der Waals surface area contributed by atoms with Crippen molar-refractivity contribution in [1.82, 2.24) is 5.32 Å². The predicted molar refractivity (Wildman–Crippen MR) is 93.2 cm³/mol. The van der Waals surface area contributed by atoms with E-state index in [1.807, 2.05) is 0 Å². The van der Waals surface area contributed by atoms with E-state index in [2.05, 4.69) is 10.6 Å². The molecule has 25 heavy (non-hydrogen) atoms. The van der Waals surface area contributed by atoms with Crippen molar-refractivity contribution >= 4 is 23.5 Å². The molecular formula is C19H24N2O4. The number of carboxylic acid groups (broad SMARTS) is 1. The van der Waals surface area contributed by atoms with Crippen molar-refractivity contribution < 1.29 is 19.5 Å². The van der Waals surface area contributed by atoms with Gasteiger partial charge >= 0.3 is 5.97 Å². The number of carboxylic acids is 1. The maximum atomic E-state index is 12.4. The topological polar surface area (TPSA) is 95.5 Å². The zero-order valence-electron chi connectivity index (χ0n) is 14.2. The molecule has 0 radical (unpaired) electrons. The number of nitrogens with one attached hydrogen (secondary N) is 2. The van der Waals surface area contributed by atoms with Crippen LogP contribution in [0.3, 0.4) is 0 Å². The number of carbonyl (C=O) groups excluding carboxylic acids is 2. The van der Waals surface area contributed by atoms with E-state index in [4.69, 9.17) is 5.11 Å². The number of amides is 2. The fourth-order valence-electron chi connectivity index (χ4n) is 3.80. The molecule has 3 N–H and O–H groups in total. The SMILES string of the molecule is O=C(O)CNC(=O)c1ccc(NC(=O)C2CC2C2CCCCC2)cc1. The Hall–Kier alpha value is -2.37. The van der Waals surface area contributed by atoms with Gasteiger partial charge in [0.2, 0.25) is 5.91 Å². The van der Waals surface area contributed by atoms with E-state index in [1.54, 1.807) is 24.3 Å². The van der Waals surface area contributed by atoms with Crippen molar-refractivity contribution in [2.45, 2.75) is 38.5 Å². The van der Waals surface area contributed by atoms with Gasteiger partial charge in [-0.05, 0) is 42.5 Å². The van der Waals surface area contributed by atoms with Gasteiger partial charge in [0, 0.05) is 17.2 Å². The molecule has 6 nitrogen and oxygen atoms in total. The van der Waals surface area contributed by atoms with Gasteiger partial charge in [0.15, 0.2) is 0 Å². The Morgan fingerprint density at radius 3 is 2.36 bits per heavy atom. The summed E-state index contributed by atoms with van der Waals surface area (Å²) in [5.41, 5.74) is 1.03. The lowest BCUT2D eigenvalue weighted by atomic mass is 9.85. The van der Waals surface area contributed by atoms with Gasteiger partial charge < -0.3 is 15.7 Å². The van der Waals surface area contributed by atoms with E-state index >= 15 is 0 Å². The Bertz CT molecular complexity index is 650. The van der Waals surface area contributed by atoms with Crippen LogP contribution >= 0.6 is 0 Å². The highest BCUT2D eigenvalue weighted by atomic mass is 16.4. The zero-order valence-corrected chi connectivity index (χ0v) is 14.2. The molecule has 6 heteroatoms. The number of aliphatic carboxylic acids is 1. The maximum Gasteiger partial charge on any atom is 0.322 e. The Balaban J connectivity index is 1.49. The maximum absolute atomic E-state index is 12.4. The molecule has 3 rings (SSSR count). The van der Waals surface area contributed by atoms with E-state index < -0.39 is 18.4 Å². The second kappa shape index (κ2) is 7.68. The molecule has 1 aromatic rings. The quantitative estimate of drug-likeness (QED) is 0.739. The molecule has 134 valence electrons. The Kier molecular flexibility index (Phi) is 5.36. The summed E-state index contributed by atoms with van der Waals surface area (Å²) in [7, 11) is 0. The first-order valence-electron chi connectivity index (χ1n) is 8.95. The molecule has 2 amide bonds. The average Bonchev–Trinajstić information content (AvgIpc) is 3.42. The molecule has 2 unspecified atom stereocenters. The minimum atomic E-state index is -1.09. The third-order valence-corrected chi connectivity index (χ3v) is 5.25. The molecule has 2 saturated carbocycles. The van der Waals surface area contributed by atoms with Crippen LogP contribution in [0.2, 0.25) is 0 Å². The van der Waals surface area contributed by atoms with Crippen LogP contribution in [0.1, 0.15) is 48.9 Å². The molecular weight excluding hydrogens is 320 g/mol. The van der Waals surface area contributed by atoms with Gasteiger partial charge in [0.1, 0.15) is 6.54 Å². The van der Waals surface area contributed by atoms with Crippen molar-refractivity contribution in [2.75, 3.05) is 11.9 Å². The number of rotatable bonds is 6. The highest BCUT2D eigenvalue weighted by Gasteiger charge is 2.47. The molecule has 2 fully saturated rings. The monoisotopic (exact) mass is 344 g/mol. The summed E-state index contributed by atoms with van der Waals surface area (Å²) in [4.78, 5) is 34.6. The van der Waals surface area contributed by atoms with Gasteiger partial charge in [0.25, 0.3) is 5.91 Å². The molecule has 0 aromatic heterocycles. The van der Waals surface area contributed by atoms with Crippen LogP contribution in [0.4, 0.5) is 5.69 Å². The summed E-state index contributed by atoms with van der Waals surface area (Å²) in [5.74, 6) is -0.0829. The minimum absolute atomic E-state index is 0.0682. The normalized spacial score (nSPS) is 22.9. The van der Waals surface area contributed by atoms with Gasteiger partial charge in [0.05, 0.1) is 0 Å². The first-order chi connectivity index (χ1) is 12.0. The highest BCUT2D eigenvalue weighted by molar-refractivity contribution is 5.97. The Labute approximate surface area is 147 Å². The van der Waals surface area contributed by atoms with Crippen LogP contribution < -0.4 is 10.6 Å². The summed E-state index contributed by atoms with van der Waals surface area (Å²) >= 11 is 0. The molecule has 2 atom stereocenters. The summed E-state index contributed by atoms with van der Waals surface area (Å²) in [5, 5.41) is 13.8. The lowest BCUT2D eigenvalue weighted by Gasteiger charge is -2.21. The largest absolute Gasteiger partial charge is 0.480 e. The van der Waals surface area contributed by atoms with E-state index in [1.165, 1.54) is 32.1 Å². The third-order valence-electron chi connectivity index (χ3n) is 5.25. The lowest BCUT2D eigenvalue weighted by Crippen LogP contribution is -2.29. The molecule has 0 saturated heterocycles.